The van der Waals surface area contributed by atoms with Crippen molar-refractivity contribution < 1.29 is 14.3 Å². The summed E-state index contributed by atoms with van der Waals surface area (Å²) in [6, 6.07) is 16.0. The van der Waals surface area contributed by atoms with Crippen molar-refractivity contribution in [2.75, 3.05) is 18.6 Å². The van der Waals surface area contributed by atoms with Crippen LogP contribution >= 0.6 is 0 Å². The van der Waals surface area contributed by atoms with Crippen molar-refractivity contribution in [2.45, 2.75) is 19.8 Å². The Labute approximate surface area is 136 Å². The van der Waals surface area contributed by atoms with Gasteiger partial charge >= 0.3 is 5.97 Å². The first-order valence-electron chi connectivity index (χ1n) is 7.73. The second kappa shape index (κ2) is 8.13. The van der Waals surface area contributed by atoms with E-state index in [2.05, 4.69) is 0 Å². The number of carbonyl (C=O) groups is 2. The van der Waals surface area contributed by atoms with Crippen LogP contribution in [0.1, 0.15) is 40.5 Å². The highest BCUT2D eigenvalue weighted by Gasteiger charge is 2.14. The molecule has 1 amide bonds. The highest BCUT2D eigenvalue weighted by Crippen LogP contribution is 2.15. The highest BCUT2D eigenvalue weighted by atomic mass is 16.5. The van der Waals surface area contributed by atoms with Gasteiger partial charge in [0.2, 0.25) is 0 Å². The van der Waals surface area contributed by atoms with E-state index in [1.165, 1.54) is 0 Å². The molecule has 2 rings (SSSR count). The summed E-state index contributed by atoms with van der Waals surface area (Å²) in [4.78, 5) is 25.9. The Bertz CT molecular complexity index is 650. The molecule has 23 heavy (non-hydrogen) atoms. The molecule has 2 aromatic carbocycles. The summed E-state index contributed by atoms with van der Waals surface area (Å²) in [6.45, 7) is 2.46. The minimum absolute atomic E-state index is 0.123. The first-order valence-corrected chi connectivity index (χ1v) is 7.73. The van der Waals surface area contributed by atoms with E-state index in [0.717, 1.165) is 18.5 Å². The number of rotatable bonds is 6. The number of esters is 1. The van der Waals surface area contributed by atoms with E-state index in [0.29, 0.717) is 17.7 Å². The van der Waals surface area contributed by atoms with Crippen molar-refractivity contribution >= 4 is 17.6 Å². The molecule has 4 nitrogen and oxygen atoms in total. The van der Waals surface area contributed by atoms with Crippen LogP contribution in [0.3, 0.4) is 0 Å². The average molecular weight is 311 g/mol. The van der Waals surface area contributed by atoms with E-state index in [4.69, 9.17) is 4.74 Å². The largest absolute Gasteiger partial charge is 0.462 e. The molecule has 0 fully saturated rings. The van der Waals surface area contributed by atoms with Crippen LogP contribution in [0.4, 0.5) is 5.69 Å². The molecule has 0 bridgehead atoms. The van der Waals surface area contributed by atoms with Crippen LogP contribution in [0.25, 0.3) is 0 Å². The lowest BCUT2D eigenvalue weighted by molar-refractivity contribution is 0.0499. The lowest BCUT2D eigenvalue weighted by Crippen LogP contribution is -2.26. The number of para-hydroxylation sites is 1. The number of hydrogen-bond donors (Lipinski definition) is 0. The van der Waals surface area contributed by atoms with Gasteiger partial charge in [-0.2, -0.15) is 0 Å². The molecular weight excluding hydrogens is 290 g/mol. The fourth-order valence-electron chi connectivity index (χ4n) is 2.10. The molecule has 0 saturated heterocycles. The standard InChI is InChI=1S/C19H21NO3/c1-3-4-14-23-19(22)16-12-10-15(11-13-16)18(21)20(2)17-8-6-5-7-9-17/h5-13H,3-4,14H2,1-2H3. The fraction of sp³-hybridized carbons (Fsp3) is 0.263. The molecule has 0 radical (unpaired) electrons. The molecule has 0 unspecified atom stereocenters. The molecular formula is C19H21NO3. The van der Waals surface area contributed by atoms with Gasteiger partial charge in [-0.25, -0.2) is 4.79 Å². The van der Waals surface area contributed by atoms with Crippen molar-refractivity contribution in [3.8, 4) is 0 Å². The Kier molecular flexibility index (Phi) is 5.92. The summed E-state index contributed by atoms with van der Waals surface area (Å²) in [5.41, 5.74) is 1.81. The van der Waals surface area contributed by atoms with Crippen LogP contribution in [-0.4, -0.2) is 25.5 Å². The highest BCUT2D eigenvalue weighted by molar-refractivity contribution is 6.06. The Morgan fingerprint density at radius 3 is 2.17 bits per heavy atom. The Morgan fingerprint density at radius 2 is 1.57 bits per heavy atom. The number of benzene rings is 2. The van der Waals surface area contributed by atoms with Gasteiger partial charge in [-0.15, -0.1) is 0 Å². The topological polar surface area (TPSA) is 46.6 Å². The minimum atomic E-state index is -0.353. The zero-order valence-electron chi connectivity index (χ0n) is 13.5. The molecule has 0 saturated carbocycles. The quantitative estimate of drug-likeness (QED) is 0.600. The van der Waals surface area contributed by atoms with Crippen molar-refractivity contribution in [3.63, 3.8) is 0 Å². The van der Waals surface area contributed by atoms with Gasteiger partial charge in [0.15, 0.2) is 0 Å². The van der Waals surface area contributed by atoms with Gasteiger partial charge in [0, 0.05) is 18.3 Å². The van der Waals surface area contributed by atoms with E-state index in [1.807, 2.05) is 37.3 Å². The molecule has 0 aliphatic carbocycles. The van der Waals surface area contributed by atoms with Gasteiger partial charge in [-0.1, -0.05) is 31.5 Å². The van der Waals surface area contributed by atoms with Gasteiger partial charge in [0.05, 0.1) is 12.2 Å². The van der Waals surface area contributed by atoms with Crippen LogP contribution < -0.4 is 4.90 Å². The smallest absolute Gasteiger partial charge is 0.338 e. The number of ether oxygens (including phenoxy) is 1. The second-order valence-electron chi connectivity index (χ2n) is 5.27. The van der Waals surface area contributed by atoms with Crippen LogP contribution in [0.5, 0.6) is 0 Å². The van der Waals surface area contributed by atoms with E-state index >= 15 is 0 Å². The maximum atomic E-state index is 12.4. The zero-order valence-corrected chi connectivity index (χ0v) is 13.5. The van der Waals surface area contributed by atoms with Crippen molar-refractivity contribution in [1.29, 1.82) is 0 Å². The van der Waals surface area contributed by atoms with Gasteiger partial charge in [0.1, 0.15) is 0 Å². The predicted octanol–water partition coefficient (Wildman–Crippen LogP) is 3.92. The summed E-state index contributed by atoms with van der Waals surface area (Å²) < 4.78 is 5.15. The molecule has 0 aromatic heterocycles. The van der Waals surface area contributed by atoms with Crippen LogP contribution in [0, 0.1) is 0 Å². The van der Waals surface area contributed by atoms with E-state index < -0.39 is 0 Å². The van der Waals surface area contributed by atoms with Gasteiger partial charge in [-0.3, -0.25) is 4.79 Å². The summed E-state index contributed by atoms with van der Waals surface area (Å²) in [7, 11) is 1.73. The van der Waals surface area contributed by atoms with E-state index in [-0.39, 0.29) is 11.9 Å². The lowest BCUT2D eigenvalue weighted by atomic mass is 10.1. The Balaban J connectivity index is 2.04. The Hall–Kier alpha value is -2.62. The minimum Gasteiger partial charge on any atom is -0.462 e. The van der Waals surface area contributed by atoms with Crippen LogP contribution in [0.2, 0.25) is 0 Å². The van der Waals surface area contributed by atoms with Crippen molar-refractivity contribution in [2.24, 2.45) is 0 Å². The van der Waals surface area contributed by atoms with E-state index in [9.17, 15) is 9.59 Å². The number of unbranched alkanes of at least 4 members (excludes halogenated alkanes) is 1. The monoisotopic (exact) mass is 311 g/mol. The summed E-state index contributed by atoms with van der Waals surface area (Å²) in [5.74, 6) is -0.476. The molecule has 0 aliphatic rings. The van der Waals surface area contributed by atoms with E-state index in [1.54, 1.807) is 36.2 Å². The number of amides is 1. The molecule has 0 aliphatic heterocycles. The molecule has 0 heterocycles. The SMILES string of the molecule is CCCCOC(=O)c1ccc(C(=O)N(C)c2ccccc2)cc1. The third-order valence-electron chi connectivity index (χ3n) is 3.55. The summed E-state index contributed by atoms with van der Waals surface area (Å²) in [5, 5.41) is 0. The maximum Gasteiger partial charge on any atom is 0.338 e. The van der Waals surface area contributed by atoms with Crippen LogP contribution in [-0.2, 0) is 4.74 Å². The first kappa shape index (κ1) is 16.7. The predicted molar refractivity (Wildman–Crippen MR) is 90.8 cm³/mol. The average Bonchev–Trinajstić information content (AvgIpc) is 2.61. The number of nitrogens with zero attached hydrogens (tertiary/aromatic N) is 1. The molecule has 0 spiro atoms. The molecule has 120 valence electrons. The third kappa shape index (κ3) is 4.42. The fourth-order valence-corrected chi connectivity index (χ4v) is 2.10. The molecule has 0 N–H and O–H groups in total. The number of anilines is 1. The van der Waals surface area contributed by atoms with Gasteiger partial charge < -0.3 is 9.64 Å². The maximum absolute atomic E-state index is 12.4. The summed E-state index contributed by atoms with van der Waals surface area (Å²) in [6.07, 6.45) is 1.83. The van der Waals surface area contributed by atoms with Crippen molar-refractivity contribution in [1.82, 2.24) is 0 Å². The molecule has 4 heteroatoms. The van der Waals surface area contributed by atoms with Gasteiger partial charge in [-0.05, 0) is 42.8 Å². The van der Waals surface area contributed by atoms with Crippen LogP contribution in [0.15, 0.2) is 54.6 Å². The molecule has 0 atom stereocenters. The first-order chi connectivity index (χ1) is 11.1. The number of hydrogen-bond acceptors (Lipinski definition) is 3. The normalized spacial score (nSPS) is 10.2. The zero-order chi connectivity index (χ0) is 16.7. The van der Waals surface area contributed by atoms with Crippen molar-refractivity contribution in [3.05, 3.63) is 65.7 Å². The third-order valence-corrected chi connectivity index (χ3v) is 3.55. The second-order valence-corrected chi connectivity index (χ2v) is 5.27. The molecule has 2 aromatic rings. The Morgan fingerprint density at radius 1 is 0.957 bits per heavy atom. The summed E-state index contributed by atoms with van der Waals surface area (Å²) >= 11 is 0. The van der Waals surface area contributed by atoms with Gasteiger partial charge in [0.25, 0.3) is 5.91 Å². The number of carbonyl (C=O) groups excluding carboxylic acids is 2. The lowest BCUT2D eigenvalue weighted by Gasteiger charge is -2.17.